The Kier molecular flexibility index (Phi) is 16.1. The Labute approximate surface area is 106 Å². The molecule has 0 aromatic rings. The predicted molar refractivity (Wildman–Crippen MR) is 77.3 cm³/mol. The predicted octanol–water partition coefficient (Wildman–Crippen LogP) is -0.501. The van der Waals surface area contributed by atoms with Crippen molar-refractivity contribution in [3.8, 4) is 0 Å². The average molecular weight is 272 g/mol. The number of hydrogen-bond acceptors (Lipinski definition) is 4. The van der Waals surface area contributed by atoms with Crippen molar-refractivity contribution in [2.24, 2.45) is 11.5 Å². The van der Waals surface area contributed by atoms with Gasteiger partial charge >= 0.3 is 0 Å². The summed E-state index contributed by atoms with van der Waals surface area (Å²) in [7, 11) is 0. The van der Waals surface area contributed by atoms with E-state index >= 15 is 0 Å². The van der Waals surface area contributed by atoms with Crippen molar-refractivity contribution in [3.63, 3.8) is 0 Å². The first-order valence-electron chi connectivity index (χ1n) is 3.88. The summed E-state index contributed by atoms with van der Waals surface area (Å²) in [4.78, 5) is 0. The van der Waals surface area contributed by atoms with Crippen molar-refractivity contribution in [3.05, 3.63) is 0 Å². The van der Waals surface area contributed by atoms with E-state index < -0.39 is 0 Å². The summed E-state index contributed by atoms with van der Waals surface area (Å²) in [5.74, 6) is 0. The van der Waals surface area contributed by atoms with Crippen molar-refractivity contribution >= 4 is 58.3 Å². The van der Waals surface area contributed by atoms with Crippen molar-refractivity contribution in [1.82, 2.24) is 10.6 Å². The average Bonchev–Trinajstić information content (AvgIpc) is 2.12. The summed E-state index contributed by atoms with van der Waals surface area (Å²) in [6.07, 6.45) is 0. The lowest BCUT2D eigenvalue weighted by Gasteiger charge is -2.03. The van der Waals surface area contributed by atoms with E-state index in [0.717, 1.165) is 0 Å². The van der Waals surface area contributed by atoms with Gasteiger partial charge in [-0.2, -0.15) is 0 Å². The third-order valence-corrected chi connectivity index (χ3v) is 1.45. The molecule has 0 spiro atoms. The fourth-order valence-corrected chi connectivity index (χ4v) is 0.767. The molecule has 0 saturated carbocycles. The molecule has 0 saturated heterocycles. The molecule has 0 amide bonds. The normalized spacial score (nSPS) is 8.29. The number of rotatable bonds is 4. The molecule has 0 radical (unpaired) electrons. The zero-order chi connectivity index (χ0) is 11.4. The zero-order valence-corrected chi connectivity index (χ0v) is 11.1. The first-order valence-corrected chi connectivity index (χ1v) is 5.59. The third kappa shape index (κ3) is 22.8. The molecule has 6 N–H and O–H groups in total. The van der Waals surface area contributed by atoms with Crippen LogP contribution in [0.2, 0.25) is 0 Å². The molecule has 4 nitrogen and oxygen atoms in total. The highest BCUT2D eigenvalue weighted by Crippen LogP contribution is 1.77. The van der Waals surface area contributed by atoms with Crippen molar-refractivity contribution in [2.45, 2.75) is 0 Å². The minimum Gasteiger partial charge on any atom is -0.369 e. The van der Waals surface area contributed by atoms with E-state index in [1.807, 2.05) is 0 Å². The lowest BCUT2D eigenvalue weighted by molar-refractivity contribution is 0.834. The van der Waals surface area contributed by atoms with E-state index in [9.17, 15) is 0 Å². The first-order chi connectivity index (χ1) is 6.54. The number of nitrogens with one attached hydrogen (secondary N) is 2. The molecule has 84 valence electrons. The van der Waals surface area contributed by atoms with Gasteiger partial charge in [0.2, 0.25) is 0 Å². The van der Waals surface area contributed by atoms with Gasteiger partial charge in [0.05, 0.1) is 0 Å². The smallest absolute Gasteiger partial charge is 0.130 e. The van der Waals surface area contributed by atoms with Gasteiger partial charge < -0.3 is 22.1 Å². The Bertz CT molecular complexity index is 146. The van der Waals surface area contributed by atoms with Crippen molar-refractivity contribution in [2.75, 3.05) is 26.2 Å². The van der Waals surface area contributed by atoms with Gasteiger partial charge in [0.25, 0.3) is 0 Å². The van der Waals surface area contributed by atoms with Gasteiger partial charge in [0.15, 0.2) is 0 Å². The van der Waals surface area contributed by atoms with Gasteiger partial charge in [-0.05, 0) is 0 Å². The molecule has 0 aromatic carbocycles. The highest BCUT2D eigenvalue weighted by molar-refractivity contribution is 8.11. The van der Waals surface area contributed by atoms with Crippen LogP contribution in [-0.2, 0) is 0 Å². The van der Waals surface area contributed by atoms with Gasteiger partial charge in [-0.25, -0.2) is 0 Å². The van der Waals surface area contributed by atoms with Gasteiger partial charge in [-0.3, -0.25) is 0 Å². The van der Waals surface area contributed by atoms with Crippen molar-refractivity contribution < 1.29 is 0 Å². The van der Waals surface area contributed by atoms with Crippen LogP contribution in [0.1, 0.15) is 0 Å². The molecule has 0 unspecified atom stereocenters. The molecule has 0 aliphatic heterocycles. The largest absolute Gasteiger partial charge is 0.369 e. The lowest BCUT2D eigenvalue weighted by Crippen LogP contribution is -2.29. The van der Waals surface area contributed by atoms with Gasteiger partial charge in [-0.15, -0.1) is 25.3 Å². The van der Waals surface area contributed by atoms with Gasteiger partial charge in [0.1, 0.15) is 8.64 Å². The summed E-state index contributed by atoms with van der Waals surface area (Å²) in [5, 5.41) is 5.68. The third-order valence-electron chi connectivity index (χ3n) is 0.844. The Morgan fingerprint density at radius 1 is 0.929 bits per heavy atom. The van der Waals surface area contributed by atoms with Crippen molar-refractivity contribution in [1.29, 1.82) is 0 Å². The minimum atomic E-state index is 0.492. The molecule has 14 heavy (non-hydrogen) atoms. The van der Waals surface area contributed by atoms with Crippen LogP contribution in [0.25, 0.3) is 0 Å². The maximum absolute atomic E-state index is 4.90. The Balaban J connectivity index is 0. The van der Waals surface area contributed by atoms with E-state index in [0.29, 0.717) is 34.8 Å². The van der Waals surface area contributed by atoms with Crippen LogP contribution in [0, 0.1) is 0 Å². The lowest BCUT2D eigenvalue weighted by atomic mass is 10.6. The SMILES string of the molecule is NCCN.S=C(S)NCCNC(=S)S. The quantitative estimate of drug-likeness (QED) is 0.235. The maximum atomic E-state index is 4.90. The summed E-state index contributed by atoms with van der Waals surface area (Å²) in [6, 6.07) is 0. The van der Waals surface area contributed by atoms with E-state index in [1.54, 1.807) is 0 Å². The molecule has 0 atom stereocenters. The molecular formula is C6H16N4S4. The Morgan fingerprint density at radius 2 is 1.21 bits per heavy atom. The molecule has 0 rings (SSSR count). The van der Waals surface area contributed by atoms with E-state index in [-0.39, 0.29) is 0 Å². The summed E-state index contributed by atoms with van der Waals surface area (Å²) in [6.45, 7) is 2.62. The topological polar surface area (TPSA) is 76.1 Å². The molecule has 8 heteroatoms. The van der Waals surface area contributed by atoms with E-state index in [2.05, 4.69) is 60.3 Å². The second kappa shape index (κ2) is 13.4. The molecule has 0 bridgehead atoms. The number of nitrogens with two attached hydrogens (primary N) is 2. The zero-order valence-electron chi connectivity index (χ0n) is 7.69. The number of thiocarbonyl (C=S) groups is 2. The van der Waals surface area contributed by atoms with Crippen LogP contribution in [-0.4, -0.2) is 34.8 Å². The van der Waals surface area contributed by atoms with E-state index in [1.165, 1.54) is 0 Å². The molecular weight excluding hydrogens is 256 g/mol. The second-order valence-electron chi connectivity index (χ2n) is 2.04. The minimum absolute atomic E-state index is 0.492. The molecule has 0 aliphatic rings. The van der Waals surface area contributed by atoms with Gasteiger partial charge in [0, 0.05) is 26.2 Å². The fourth-order valence-electron chi connectivity index (χ4n) is 0.339. The molecule has 0 aromatic heterocycles. The molecule has 0 fully saturated rings. The highest BCUT2D eigenvalue weighted by atomic mass is 32.1. The highest BCUT2D eigenvalue weighted by Gasteiger charge is 1.87. The second-order valence-corrected chi connectivity index (χ2v) is 4.36. The van der Waals surface area contributed by atoms with Crippen LogP contribution in [0.3, 0.4) is 0 Å². The monoisotopic (exact) mass is 272 g/mol. The fraction of sp³-hybridized carbons (Fsp3) is 0.667. The van der Waals surface area contributed by atoms with E-state index in [4.69, 9.17) is 11.5 Å². The van der Waals surface area contributed by atoms with Crippen LogP contribution < -0.4 is 22.1 Å². The number of thiol groups is 2. The summed E-state index contributed by atoms with van der Waals surface area (Å²) in [5.41, 5.74) is 9.81. The van der Waals surface area contributed by atoms with Gasteiger partial charge in [-0.1, -0.05) is 24.4 Å². The first kappa shape index (κ1) is 16.8. The standard InChI is InChI=1S/C4H8N2S4.C2H8N2/c7-3(8)5-1-2-6-4(9)10;3-1-2-4/h1-2H2,(H2,5,7,8)(H2,6,9,10);1-4H2. The van der Waals surface area contributed by atoms with Crippen LogP contribution in [0.4, 0.5) is 0 Å². The summed E-state index contributed by atoms with van der Waals surface area (Å²) < 4.78 is 0.985. The van der Waals surface area contributed by atoms with Crippen LogP contribution in [0.5, 0.6) is 0 Å². The Morgan fingerprint density at radius 3 is 1.36 bits per heavy atom. The number of hydrogen-bond donors (Lipinski definition) is 6. The van der Waals surface area contributed by atoms with Crippen LogP contribution >= 0.6 is 49.7 Å². The summed E-state index contributed by atoms with van der Waals surface area (Å²) >= 11 is 17.0. The molecule has 0 heterocycles. The Hall–Kier alpha value is 0.400. The van der Waals surface area contributed by atoms with Crippen LogP contribution in [0.15, 0.2) is 0 Å². The molecule has 0 aliphatic carbocycles. The maximum Gasteiger partial charge on any atom is 0.130 e.